The first-order valence-electron chi connectivity index (χ1n) is 9.73. The molecule has 1 unspecified atom stereocenters. The summed E-state index contributed by atoms with van der Waals surface area (Å²) >= 11 is 0. The molecule has 1 atom stereocenters. The monoisotopic (exact) mass is 508 g/mol. The lowest BCUT2D eigenvalue weighted by molar-refractivity contribution is -0.0284. The summed E-state index contributed by atoms with van der Waals surface area (Å²) < 4.78 is 24.3. The Morgan fingerprint density at radius 1 is 1.32 bits per heavy atom. The van der Waals surface area contributed by atoms with Crippen LogP contribution in [0.3, 0.4) is 0 Å². The van der Waals surface area contributed by atoms with Crippen molar-refractivity contribution >= 4 is 29.9 Å². The number of ether oxygens (including phenoxy) is 2. The van der Waals surface area contributed by atoms with Crippen LogP contribution in [0.25, 0.3) is 0 Å². The van der Waals surface area contributed by atoms with Crippen LogP contribution in [0.4, 0.5) is 4.39 Å². The van der Waals surface area contributed by atoms with Crippen LogP contribution in [-0.4, -0.2) is 69.9 Å². The number of morpholine rings is 1. The van der Waals surface area contributed by atoms with E-state index in [0.29, 0.717) is 18.3 Å². The number of guanidine groups is 1. The number of halogens is 2. The molecule has 1 aromatic carbocycles. The second-order valence-electron chi connectivity index (χ2n) is 7.18. The second kappa shape index (κ2) is 13.9. The molecule has 0 aromatic heterocycles. The summed E-state index contributed by atoms with van der Waals surface area (Å²) in [5.74, 6) is 1.86. The van der Waals surface area contributed by atoms with Gasteiger partial charge in [-0.15, -0.1) is 24.0 Å². The van der Waals surface area contributed by atoms with Crippen molar-refractivity contribution < 1.29 is 13.9 Å². The summed E-state index contributed by atoms with van der Waals surface area (Å²) in [7, 11) is 1.76. The Hall–Kier alpha value is -1.13. The van der Waals surface area contributed by atoms with Gasteiger partial charge in [-0.05, 0) is 36.6 Å². The zero-order chi connectivity index (χ0) is 19.5. The van der Waals surface area contributed by atoms with Crippen molar-refractivity contribution in [3.8, 4) is 5.75 Å². The van der Waals surface area contributed by atoms with Crippen molar-refractivity contribution in [1.82, 2.24) is 15.5 Å². The first-order chi connectivity index (χ1) is 13.1. The highest BCUT2D eigenvalue weighted by atomic mass is 127. The molecular weight excluding hydrogens is 474 g/mol. The first kappa shape index (κ1) is 24.9. The molecule has 160 valence electrons. The van der Waals surface area contributed by atoms with Gasteiger partial charge >= 0.3 is 0 Å². The summed E-state index contributed by atoms with van der Waals surface area (Å²) in [5.41, 5.74) is 0. The number of nitrogens with zero attached hydrogens (tertiary/aromatic N) is 2. The van der Waals surface area contributed by atoms with Crippen molar-refractivity contribution in [2.75, 3.05) is 53.0 Å². The lowest BCUT2D eigenvalue weighted by Gasteiger charge is -2.34. The van der Waals surface area contributed by atoms with Crippen molar-refractivity contribution in [2.45, 2.75) is 26.4 Å². The summed E-state index contributed by atoms with van der Waals surface area (Å²) in [6, 6.07) is 6.07. The van der Waals surface area contributed by atoms with Gasteiger partial charge in [0.05, 0.1) is 19.3 Å². The minimum atomic E-state index is -0.256. The third-order valence-electron chi connectivity index (χ3n) is 4.26. The lowest BCUT2D eigenvalue weighted by atomic mass is 10.2. The van der Waals surface area contributed by atoms with Crippen LogP contribution in [0, 0.1) is 11.7 Å². The van der Waals surface area contributed by atoms with E-state index in [2.05, 4.69) is 34.4 Å². The topological polar surface area (TPSA) is 58.1 Å². The molecule has 1 heterocycles. The fourth-order valence-corrected chi connectivity index (χ4v) is 3.02. The Labute approximate surface area is 185 Å². The van der Waals surface area contributed by atoms with E-state index in [4.69, 9.17) is 9.47 Å². The second-order valence-corrected chi connectivity index (χ2v) is 7.18. The predicted octanol–water partition coefficient (Wildman–Crippen LogP) is 2.73. The third kappa shape index (κ3) is 9.88. The molecule has 0 saturated carbocycles. The van der Waals surface area contributed by atoms with Crippen molar-refractivity contribution in [2.24, 2.45) is 10.9 Å². The average Bonchev–Trinajstić information content (AvgIpc) is 2.65. The summed E-state index contributed by atoms with van der Waals surface area (Å²) in [5, 5.41) is 6.61. The Kier molecular flexibility index (Phi) is 12.4. The van der Waals surface area contributed by atoms with Gasteiger partial charge in [-0.2, -0.15) is 0 Å². The van der Waals surface area contributed by atoms with Gasteiger partial charge in [0, 0.05) is 39.8 Å². The minimum absolute atomic E-state index is 0. The van der Waals surface area contributed by atoms with Gasteiger partial charge in [-0.25, -0.2) is 4.39 Å². The van der Waals surface area contributed by atoms with Crippen LogP contribution < -0.4 is 15.4 Å². The number of hydrogen-bond acceptors (Lipinski definition) is 4. The van der Waals surface area contributed by atoms with Gasteiger partial charge in [0.15, 0.2) is 5.96 Å². The van der Waals surface area contributed by atoms with E-state index in [-0.39, 0.29) is 35.9 Å². The maximum atomic E-state index is 12.8. The molecular formula is C20H34FIN4O2. The number of aliphatic imine (C=N–C) groups is 1. The molecule has 6 nitrogen and oxygen atoms in total. The largest absolute Gasteiger partial charge is 0.494 e. The molecule has 8 heteroatoms. The van der Waals surface area contributed by atoms with Gasteiger partial charge < -0.3 is 20.1 Å². The zero-order valence-corrected chi connectivity index (χ0v) is 19.4. The van der Waals surface area contributed by atoms with E-state index in [1.165, 1.54) is 12.1 Å². The first-order valence-corrected chi connectivity index (χ1v) is 9.73. The highest BCUT2D eigenvalue weighted by Gasteiger charge is 2.20. The Morgan fingerprint density at radius 3 is 2.75 bits per heavy atom. The molecule has 0 spiro atoms. The van der Waals surface area contributed by atoms with Gasteiger partial charge in [0.2, 0.25) is 0 Å². The van der Waals surface area contributed by atoms with Crippen LogP contribution in [0.15, 0.2) is 29.3 Å². The van der Waals surface area contributed by atoms with E-state index in [1.54, 1.807) is 19.2 Å². The number of hydrogen-bond donors (Lipinski definition) is 2. The number of benzene rings is 1. The standard InChI is InChI=1S/C20H33FN4O2.HI/c1-16(2)14-25-10-12-27-19(15-25)13-24-20(22-3)23-9-4-11-26-18-7-5-17(21)6-8-18;/h5-8,16,19H,4,9-15H2,1-3H3,(H2,22,23,24);1H. The van der Waals surface area contributed by atoms with Crippen LogP contribution in [0.5, 0.6) is 5.75 Å². The normalized spacial score (nSPS) is 17.9. The fourth-order valence-electron chi connectivity index (χ4n) is 3.02. The molecule has 2 N–H and O–H groups in total. The van der Waals surface area contributed by atoms with Crippen molar-refractivity contribution in [3.05, 3.63) is 30.1 Å². The molecule has 1 fully saturated rings. The molecule has 0 radical (unpaired) electrons. The van der Waals surface area contributed by atoms with E-state index in [9.17, 15) is 4.39 Å². The summed E-state index contributed by atoms with van der Waals surface area (Å²) in [6.45, 7) is 10.4. The van der Waals surface area contributed by atoms with Crippen LogP contribution in [-0.2, 0) is 4.74 Å². The zero-order valence-electron chi connectivity index (χ0n) is 17.1. The predicted molar refractivity (Wildman–Crippen MR) is 122 cm³/mol. The molecule has 1 saturated heterocycles. The molecule has 0 aliphatic carbocycles. The quantitative estimate of drug-likeness (QED) is 0.233. The molecule has 0 amide bonds. The molecule has 28 heavy (non-hydrogen) atoms. The minimum Gasteiger partial charge on any atom is -0.494 e. The Bertz CT molecular complexity index is 572. The molecule has 2 rings (SSSR count). The average molecular weight is 508 g/mol. The SMILES string of the molecule is CN=C(NCCCOc1ccc(F)cc1)NCC1CN(CC(C)C)CCO1.I. The van der Waals surface area contributed by atoms with Gasteiger partial charge in [0.25, 0.3) is 0 Å². The maximum Gasteiger partial charge on any atom is 0.191 e. The highest BCUT2D eigenvalue weighted by Crippen LogP contribution is 2.11. The van der Waals surface area contributed by atoms with E-state index < -0.39 is 0 Å². The van der Waals surface area contributed by atoms with Crippen molar-refractivity contribution in [1.29, 1.82) is 0 Å². The third-order valence-corrected chi connectivity index (χ3v) is 4.26. The summed E-state index contributed by atoms with van der Waals surface area (Å²) in [6.07, 6.45) is 0.998. The molecule has 1 aromatic rings. The Balaban J connectivity index is 0.00000392. The van der Waals surface area contributed by atoms with Crippen LogP contribution in [0.1, 0.15) is 20.3 Å². The van der Waals surface area contributed by atoms with Gasteiger partial charge in [0.1, 0.15) is 11.6 Å². The van der Waals surface area contributed by atoms with E-state index >= 15 is 0 Å². The highest BCUT2D eigenvalue weighted by molar-refractivity contribution is 14.0. The van der Waals surface area contributed by atoms with Crippen LogP contribution >= 0.6 is 24.0 Å². The smallest absolute Gasteiger partial charge is 0.191 e. The van der Waals surface area contributed by atoms with Gasteiger partial charge in [-0.3, -0.25) is 9.89 Å². The van der Waals surface area contributed by atoms with Crippen LogP contribution in [0.2, 0.25) is 0 Å². The molecule has 1 aliphatic rings. The maximum absolute atomic E-state index is 12.8. The molecule has 0 bridgehead atoms. The number of rotatable bonds is 9. The number of nitrogens with one attached hydrogen (secondary N) is 2. The van der Waals surface area contributed by atoms with Crippen molar-refractivity contribution in [3.63, 3.8) is 0 Å². The van der Waals surface area contributed by atoms with E-state index in [0.717, 1.165) is 51.7 Å². The summed E-state index contributed by atoms with van der Waals surface area (Å²) in [4.78, 5) is 6.71. The Morgan fingerprint density at radius 2 is 2.07 bits per heavy atom. The fraction of sp³-hybridized carbons (Fsp3) is 0.650. The molecule has 1 aliphatic heterocycles. The van der Waals surface area contributed by atoms with E-state index in [1.807, 2.05) is 0 Å². The lowest BCUT2D eigenvalue weighted by Crippen LogP contribution is -2.50. The van der Waals surface area contributed by atoms with Gasteiger partial charge in [-0.1, -0.05) is 13.8 Å².